The first kappa shape index (κ1) is 13.9. The molecule has 1 saturated carbocycles. The summed E-state index contributed by atoms with van der Waals surface area (Å²) in [6, 6.07) is 15.2. The lowest BCUT2D eigenvalue weighted by Crippen LogP contribution is -2.39. The van der Waals surface area contributed by atoms with Crippen molar-refractivity contribution in [1.29, 1.82) is 0 Å². The highest BCUT2D eigenvalue weighted by Crippen LogP contribution is 2.29. The number of rotatable bonds is 4. The second kappa shape index (κ2) is 5.76. The van der Waals surface area contributed by atoms with Crippen LogP contribution in [0.3, 0.4) is 0 Å². The summed E-state index contributed by atoms with van der Waals surface area (Å²) in [6.07, 6.45) is 1.99. The van der Waals surface area contributed by atoms with Gasteiger partial charge in [-0.15, -0.1) is 0 Å². The van der Waals surface area contributed by atoms with Crippen LogP contribution < -0.4 is 5.32 Å². The molecule has 1 aliphatic carbocycles. The van der Waals surface area contributed by atoms with Crippen LogP contribution in [0, 0.1) is 5.92 Å². The van der Waals surface area contributed by atoms with Gasteiger partial charge in [0.1, 0.15) is 0 Å². The Labute approximate surface area is 125 Å². The van der Waals surface area contributed by atoms with Crippen molar-refractivity contribution < 1.29 is 4.79 Å². The van der Waals surface area contributed by atoms with Crippen molar-refractivity contribution in [2.75, 3.05) is 13.6 Å². The Morgan fingerprint density at radius 1 is 1.24 bits per heavy atom. The quantitative estimate of drug-likeness (QED) is 0.915. The lowest BCUT2D eigenvalue weighted by atomic mass is 10.0. The molecular weight excluding hydrogens is 260 g/mol. The maximum atomic E-state index is 12.0. The molecule has 2 amide bonds. The van der Waals surface area contributed by atoms with E-state index in [1.807, 2.05) is 7.05 Å². The number of carbonyl (C=O) groups excluding carboxylic acids is 1. The predicted molar refractivity (Wildman–Crippen MR) is 86.4 cm³/mol. The van der Waals surface area contributed by atoms with E-state index in [0.29, 0.717) is 12.0 Å². The average molecular weight is 282 g/mol. The van der Waals surface area contributed by atoms with Crippen LogP contribution in [-0.4, -0.2) is 30.6 Å². The Morgan fingerprint density at radius 2 is 1.95 bits per heavy atom. The molecular formula is C18H22N2O. The van der Waals surface area contributed by atoms with Crippen molar-refractivity contribution in [2.24, 2.45) is 5.92 Å². The number of benzene rings is 2. The van der Waals surface area contributed by atoms with Crippen LogP contribution in [0.5, 0.6) is 0 Å². The van der Waals surface area contributed by atoms with Gasteiger partial charge in [-0.2, -0.15) is 0 Å². The Hall–Kier alpha value is -2.03. The molecule has 3 heteroatoms. The van der Waals surface area contributed by atoms with E-state index in [1.165, 1.54) is 16.3 Å². The Bertz CT molecular complexity index is 647. The number of hydrogen-bond donors (Lipinski definition) is 1. The number of urea groups is 1. The highest BCUT2D eigenvalue weighted by atomic mass is 16.2. The summed E-state index contributed by atoms with van der Waals surface area (Å²) in [4.78, 5) is 13.8. The van der Waals surface area contributed by atoms with E-state index < -0.39 is 0 Å². The molecule has 0 heterocycles. The molecule has 2 aromatic rings. The van der Waals surface area contributed by atoms with E-state index >= 15 is 0 Å². The van der Waals surface area contributed by atoms with Gasteiger partial charge in [0.15, 0.2) is 0 Å². The average Bonchev–Trinajstić information content (AvgIpc) is 3.19. The third kappa shape index (κ3) is 3.18. The highest BCUT2D eigenvalue weighted by molar-refractivity contribution is 5.85. The molecule has 2 aromatic carbocycles. The maximum absolute atomic E-state index is 12.0. The topological polar surface area (TPSA) is 32.3 Å². The number of nitrogens with zero attached hydrogens (tertiary/aromatic N) is 1. The fourth-order valence-electron chi connectivity index (χ4n) is 2.69. The van der Waals surface area contributed by atoms with Crippen LogP contribution in [-0.2, 0) is 6.42 Å². The van der Waals surface area contributed by atoms with Crippen LogP contribution >= 0.6 is 0 Å². The molecule has 0 radical (unpaired) electrons. The minimum atomic E-state index is 0.0459. The molecule has 0 spiro atoms. The van der Waals surface area contributed by atoms with Crippen molar-refractivity contribution >= 4 is 16.8 Å². The zero-order valence-corrected chi connectivity index (χ0v) is 12.7. The first-order valence-corrected chi connectivity index (χ1v) is 7.63. The third-order valence-electron chi connectivity index (χ3n) is 4.36. The minimum absolute atomic E-state index is 0.0459. The molecule has 0 aromatic heterocycles. The fraction of sp³-hybridized carbons (Fsp3) is 0.389. The van der Waals surface area contributed by atoms with E-state index in [4.69, 9.17) is 0 Å². The zero-order valence-electron chi connectivity index (χ0n) is 12.7. The fourth-order valence-corrected chi connectivity index (χ4v) is 2.69. The van der Waals surface area contributed by atoms with Gasteiger partial charge in [0.25, 0.3) is 0 Å². The van der Waals surface area contributed by atoms with Gasteiger partial charge in [-0.25, -0.2) is 4.79 Å². The number of nitrogens with one attached hydrogen (secondary N) is 1. The lowest BCUT2D eigenvalue weighted by Gasteiger charge is -2.18. The third-order valence-corrected chi connectivity index (χ3v) is 4.36. The van der Waals surface area contributed by atoms with Crippen LogP contribution in [0.15, 0.2) is 42.5 Å². The number of amides is 2. The standard InChI is InChI=1S/C18H22N2O/c1-13-12-17(13)19-18(21)20(2)11-10-15-8-5-7-14-6-3-4-9-16(14)15/h3-9,13,17H,10-12H2,1-2H3,(H,19,21)/t13-,17-/m1/s1. The zero-order chi connectivity index (χ0) is 14.8. The SMILES string of the molecule is C[C@@H]1C[C@H]1NC(=O)N(C)CCc1cccc2ccccc12. The summed E-state index contributed by atoms with van der Waals surface area (Å²) in [5, 5.41) is 5.60. The van der Waals surface area contributed by atoms with Gasteiger partial charge < -0.3 is 10.2 Å². The smallest absolute Gasteiger partial charge is 0.317 e. The van der Waals surface area contributed by atoms with E-state index in [9.17, 15) is 4.79 Å². The van der Waals surface area contributed by atoms with Gasteiger partial charge in [0.05, 0.1) is 0 Å². The molecule has 0 bridgehead atoms. The number of carbonyl (C=O) groups is 1. The maximum Gasteiger partial charge on any atom is 0.317 e. The summed E-state index contributed by atoms with van der Waals surface area (Å²) >= 11 is 0. The Morgan fingerprint density at radius 3 is 2.71 bits per heavy atom. The summed E-state index contributed by atoms with van der Waals surface area (Å²) in [7, 11) is 1.87. The molecule has 1 fully saturated rings. The molecule has 0 unspecified atom stereocenters. The summed E-state index contributed by atoms with van der Waals surface area (Å²) in [5.74, 6) is 0.639. The second-order valence-corrected chi connectivity index (χ2v) is 6.08. The largest absolute Gasteiger partial charge is 0.335 e. The monoisotopic (exact) mass is 282 g/mol. The van der Waals surface area contributed by atoms with Crippen molar-refractivity contribution in [3.05, 3.63) is 48.0 Å². The van der Waals surface area contributed by atoms with Gasteiger partial charge in [-0.3, -0.25) is 0 Å². The Kier molecular flexibility index (Phi) is 3.82. The van der Waals surface area contributed by atoms with Gasteiger partial charge in [-0.05, 0) is 35.1 Å². The second-order valence-electron chi connectivity index (χ2n) is 6.08. The van der Waals surface area contributed by atoms with Crippen molar-refractivity contribution in [3.63, 3.8) is 0 Å². The van der Waals surface area contributed by atoms with E-state index in [0.717, 1.165) is 19.4 Å². The molecule has 3 nitrogen and oxygen atoms in total. The molecule has 21 heavy (non-hydrogen) atoms. The molecule has 0 saturated heterocycles. The molecule has 3 rings (SSSR count). The molecule has 1 N–H and O–H groups in total. The lowest BCUT2D eigenvalue weighted by molar-refractivity contribution is 0.208. The first-order valence-electron chi connectivity index (χ1n) is 7.63. The van der Waals surface area contributed by atoms with Gasteiger partial charge in [0.2, 0.25) is 0 Å². The molecule has 110 valence electrons. The van der Waals surface area contributed by atoms with Crippen LogP contribution in [0.2, 0.25) is 0 Å². The Balaban J connectivity index is 1.62. The minimum Gasteiger partial charge on any atom is -0.335 e. The van der Waals surface area contributed by atoms with Crippen LogP contribution in [0.4, 0.5) is 4.79 Å². The van der Waals surface area contributed by atoms with Gasteiger partial charge >= 0.3 is 6.03 Å². The molecule has 1 aliphatic rings. The van der Waals surface area contributed by atoms with E-state index in [-0.39, 0.29) is 6.03 Å². The van der Waals surface area contributed by atoms with Gasteiger partial charge in [0, 0.05) is 19.6 Å². The summed E-state index contributed by atoms with van der Waals surface area (Å²) < 4.78 is 0. The normalized spacial score (nSPS) is 20.3. The summed E-state index contributed by atoms with van der Waals surface area (Å²) in [5.41, 5.74) is 1.30. The van der Waals surface area contributed by atoms with E-state index in [1.54, 1.807) is 4.90 Å². The summed E-state index contributed by atoms with van der Waals surface area (Å²) in [6.45, 7) is 2.90. The number of hydrogen-bond acceptors (Lipinski definition) is 1. The van der Waals surface area contributed by atoms with Crippen molar-refractivity contribution in [1.82, 2.24) is 10.2 Å². The molecule has 0 aliphatic heterocycles. The number of fused-ring (bicyclic) bond motifs is 1. The van der Waals surface area contributed by atoms with Gasteiger partial charge in [-0.1, -0.05) is 49.4 Å². The number of likely N-dealkylation sites (N-methyl/N-ethyl adjacent to an activating group) is 1. The predicted octanol–water partition coefficient (Wildman–Crippen LogP) is 3.43. The van der Waals surface area contributed by atoms with Crippen LogP contribution in [0.25, 0.3) is 10.8 Å². The van der Waals surface area contributed by atoms with Crippen molar-refractivity contribution in [2.45, 2.75) is 25.8 Å². The first-order chi connectivity index (χ1) is 10.1. The molecule has 2 atom stereocenters. The van der Waals surface area contributed by atoms with Crippen LogP contribution in [0.1, 0.15) is 18.9 Å². The van der Waals surface area contributed by atoms with Crippen molar-refractivity contribution in [3.8, 4) is 0 Å². The highest BCUT2D eigenvalue weighted by Gasteiger charge is 2.34. The van der Waals surface area contributed by atoms with E-state index in [2.05, 4.69) is 54.7 Å².